The van der Waals surface area contributed by atoms with Crippen LogP contribution in [0.3, 0.4) is 0 Å². The molecule has 0 amide bonds. The van der Waals surface area contributed by atoms with Crippen LogP contribution in [0, 0.1) is 0 Å². The Bertz CT molecular complexity index is 3350. The van der Waals surface area contributed by atoms with Crippen molar-refractivity contribution in [1.29, 1.82) is 0 Å². The lowest BCUT2D eigenvalue weighted by atomic mass is 9.80. The first-order valence-corrected chi connectivity index (χ1v) is 18.8. The minimum atomic E-state index is -0.140. The van der Waals surface area contributed by atoms with Gasteiger partial charge in [-0.25, -0.2) is 0 Å². The molecule has 0 saturated carbocycles. The van der Waals surface area contributed by atoms with Crippen molar-refractivity contribution in [3.63, 3.8) is 0 Å². The van der Waals surface area contributed by atoms with Crippen LogP contribution in [0.2, 0.25) is 0 Å². The standard InChI is InChI=1S/C53H34/c1-53(2)49-28-34(22-25-43(49)48-29-46-40-15-7-5-13-38(40)39-14-6-8-16-41(39)47(46)30-50(48)53)36-23-18-32-21-27-45-42(24-19-33-20-26-44(36)51(32)52(33)45)37-17-9-11-31-10-3-4-12-35(31)37/h3-30H,1-2H3. The summed E-state index contributed by atoms with van der Waals surface area (Å²) in [5.74, 6) is 0. The molecule has 1 aliphatic rings. The fourth-order valence-corrected chi connectivity index (χ4v) is 10.0. The molecule has 0 N–H and O–H groups in total. The van der Waals surface area contributed by atoms with Crippen molar-refractivity contribution in [1.82, 2.24) is 0 Å². The van der Waals surface area contributed by atoms with E-state index in [2.05, 4.69) is 184 Å². The second kappa shape index (κ2) is 10.3. The highest BCUT2D eigenvalue weighted by atomic mass is 14.4. The summed E-state index contributed by atoms with van der Waals surface area (Å²) in [4.78, 5) is 0. The van der Waals surface area contributed by atoms with Crippen molar-refractivity contribution in [2.24, 2.45) is 0 Å². The summed E-state index contributed by atoms with van der Waals surface area (Å²) in [7, 11) is 0. The molecule has 0 heteroatoms. The summed E-state index contributed by atoms with van der Waals surface area (Å²) in [6, 6.07) is 64.1. The molecule has 12 rings (SSSR count). The molecule has 0 unspecified atom stereocenters. The third-order valence-corrected chi connectivity index (χ3v) is 12.6. The van der Waals surface area contributed by atoms with Gasteiger partial charge < -0.3 is 0 Å². The Labute approximate surface area is 307 Å². The van der Waals surface area contributed by atoms with Gasteiger partial charge in [0, 0.05) is 5.41 Å². The lowest BCUT2D eigenvalue weighted by Crippen LogP contribution is -2.15. The molecular formula is C53H34. The summed E-state index contributed by atoms with van der Waals surface area (Å²) < 4.78 is 0. The van der Waals surface area contributed by atoms with E-state index in [0.717, 1.165) is 0 Å². The molecule has 0 radical (unpaired) electrons. The first-order chi connectivity index (χ1) is 26.0. The second-order valence-corrected chi connectivity index (χ2v) is 15.6. The van der Waals surface area contributed by atoms with Gasteiger partial charge in [0.2, 0.25) is 0 Å². The zero-order chi connectivity index (χ0) is 35.0. The average molecular weight is 671 g/mol. The lowest BCUT2D eigenvalue weighted by molar-refractivity contribution is 0.661. The number of hydrogen-bond acceptors (Lipinski definition) is 0. The van der Waals surface area contributed by atoms with Gasteiger partial charge >= 0.3 is 0 Å². The molecule has 0 fully saturated rings. The molecule has 0 nitrogen and oxygen atoms in total. The highest BCUT2D eigenvalue weighted by Gasteiger charge is 2.36. The van der Waals surface area contributed by atoms with Crippen LogP contribution in [-0.2, 0) is 5.41 Å². The molecule has 53 heavy (non-hydrogen) atoms. The molecule has 11 aromatic carbocycles. The van der Waals surface area contributed by atoms with Gasteiger partial charge in [-0.1, -0.05) is 166 Å². The third-order valence-electron chi connectivity index (χ3n) is 12.6. The highest BCUT2D eigenvalue weighted by molar-refractivity contribution is 6.29. The van der Waals surface area contributed by atoms with Gasteiger partial charge in [-0.05, 0) is 138 Å². The summed E-state index contributed by atoms with van der Waals surface area (Å²) >= 11 is 0. The predicted octanol–water partition coefficient (Wildman–Crippen LogP) is 14.8. The van der Waals surface area contributed by atoms with Crippen LogP contribution in [0.15, 0.2) is 170 Å². The minimum Gasteiger partial charge on any atom is -0.0616 e. The van der Waals surface area contributed by atoms with Gasteiger partial charge in [0.25, 0.3) is 0 Å². The van der Waals surface area contributed by atoms with Gasteiger partial charge in [-0.15, -0.1) is 0 Å². The van der Waals surface area contributed by atoms with Crippen LogP contribution in [0.1, 0.15) is 25.0 Å². The molecule has 0 aromatic heterocycles. The molecule has 0 spiro atoms. The lowest BCUT2D eigenvalue weighted by Gasteiger charge is -2.23. The van der Waals surface area contributed by atoms with Crippen LogP contribution in [-0.4, -0.2) is 0 Å². The minimum absolute atomic E-state index is 0.140. The largest absolute Gasteiger partial charge is 0.0616 e. The van der Waals surface area contributed by atoms with E-state index in [4.69, 9.17) is 0 Å². The Morgan fingerprint density at radius 1 is 0.283 bits per heavy atom. The fraction of sp³-hybridized carbons (Fsp3) is 0.0566. The summed E-state index contributed by atoms with van der Waals surface area (Å²) in [5, 5.41) is 18.4. The molecule has 0 heterocycles. The third kappa shape index (κ3) is 3.85. The first kappa shape index (κ1) is 29.1. The Morgan fingerprint density at radius 3 is 1.47 bits per heavy atom. The average Bonchev–Trinajstić information content (AvgIpc) is 3.43. The molecule has 0 atom stereocenters. The molecule has 11 aromatic rings. The molecule has 246 valence electrons. The monoisotopic (exact) mass is 670 g/mol. The van der Waals surface area contributed by atoms with Crippen molar-refractivity contribution in [2.45, 2.75) is 19.3 Å². The van der Waals surface area contributed by atoms with Crippen LogP contribution < -0.4 is 0 Å². The van der Waals surface area contributed by atoms with E-state index in [1.807, 2.05) is 0 Å². The topological polar surface area (TPSA) is 0 Å². The Hall–Kier alpha value is -6.50. The van der Waals surface area contributed by atoms with Crippen LogP contribution in [0.25, 0.3) is 109 Å². The smallest absolute Gasteiger partial charge is 0.0159 e. The second-order valence-electron chi connectivity index (χ2n) is 15.6. The van der Waals surface area contributed by atoms with E-state index >= 15 is 0 Å². The van der Waals surface area contributed by atoms with Crippen LogP contribution >= 0.6 is 0 Å². The maximum Gasteiger partial charge on any atom is 0.0159 e. The SMILES string of the molecule is CC1(C)c2cc(-c3ccc4ccc5c(-c6cccc7ccccc67)ccc6ccc3c4c65)ccc2-c2cc3c4ccccc4c4ccccc4c3cc21. The summed E-state index contributed by atoms with van der Waals surface area (Å²) in [6.45, 7) is 4.82. The quantitative estimate of drug-likeness (QED) is 0.161. The predicted molar refractivity (Wildman–Crippen MR) is 229 cm³/mol. The summed E-state index contributed by atoms with van der Waals surface area (Å²) in [6.07, 6.45) is 0. The number of benzene rings is 11. The van der Waals surface area contributed by atoms with Crippen molar-refractivity contribution < 1.29 is 0 Å². The van der Waals surface area contributed by atoms with E-state index < -0.39 is 0 Å². The highest BCUT2D eigenvalue weighted by Crippen LogP contribution is 2.53. The molecule has 1 aliphatic carbocycles. The Kier molecular flexibility index (Phi) is 5.66. The van der Waals surface area contributed by atoms with E-state index in [0.29, 0.717) is 0 Å². The van der Waals surface area contributed by atoms with Gasteiger partial charge in [0.05, 0.1) is 0 Å². The van der Waals surface area contributed by atoms with Gasteiger partial charge in [0.15, 0.2) is 0 Å². The van der Waals surface area contributed by atoms with Crippen molar-refractivity contribution >= 4 is 75.4 Å². The fourth-order valence-electron chi connectivity index (χ4n) is 10.0. The van der Waals surface area contributed by atoms with Crippen molar-refractivity contribution in [3.05, 3.63) is 181 Å². The molecule has 0 bridgehead atoms. The zero-order valence-electron chi connectivity index (χ0n) is 29.7. The van der Waals surface area contributed by atoms with Gasteiger partial charge in [-0.3, -0.25) is 0 Å². The molecular weight excluding hydrogens is 637 g/mol. The van der Waals surface area contributed by atoms with E-state index in [1.165, 1.54) is 120 Å². The van der Waals surface area contributed by atoms with Crippen molar-refractivity contribution in [3.8, 4) is 33.4 Å². The van der Waals surface area contributed by atoms with Gasteiger partial charge in [0.1, 0.15) is 0 Å². The Balaban J connectivity index is 1.07. The van der Waals surface area contributed by atoms with Gasteiger partial charge in [-0.2, -0.15) is 0 Å². The Morgan fingerprint density at radius 2 is 0.774 bits per heavy atom. The maximum atomic E-state index is 2.50. The summed E-state index contributed by atoms with van der Waals surface area (Å²) in [5.41, 5.74) is 10.5. The number of fused-ring (bicyclic) bond motifs is 10. The normalized spacial score (nSPS) is 13.6. The van der Waals surface area contributed by atoms with Crippen LogP contribution in [0.5, 0.6) is 0 Å². The van der Waals surface area contributed by atoms with E-state index in [-0.39, 0.29) is 5.41 Å². The molecule has 0 aliphatic heterocycles. The van der Waals surface area contributed by atoms with Crippen molar-refractivity contribution in [2.75, 3.05) is 0 Å². The zero-order valence-corrected chi connectivity index (χ0v) is 29.7. The van der Waals surface area contributed by atoms with Crippen LogP contribution in [0.4, 0.5) is 0 Å². The van der Waals surface area contributed by atoms with E-state index in [1.54, 1.807) is 0 Å². The first-order valence-electron chi connectivity index (χ1n) is 18.8. The number of hydrogen-bond donors (Lipinski definition) is 0. The molecule has 0 saturated heterocycles. The number of rotatable bonds is 2. The van der Waals surface area contributed by atoms with E-state index in [9.17, 15) is 0 Å². The maximum absolute atomic E-state index is 2.50.